The third-order valence-corrected chi connectivity index (χ3v) is 7.15. The molecule has 0 aliphatic heterocycles. The Balaban J connectivity index is 1.87. The highest BCUT2D eigenvalue weighted by molar-refractivity contribution is 7.19. The van der Waals surface area contributed by atoms with Gasteiger partial charge in [0.1, 0.15) is 10.5 Å². The summed E-state index contributed by atoms with van der Waals surface area (Å²) < 4.78 is 8.09. The van der Waals surface area contributed by atoms with Gasteiger partial charge in [0.15, 0.2) is 6.10 Å². The quantitative estimate of drug-likeness (QED) is 0.430. The topological polar surface area (TPSA) is 76.7 Å². The van der Waals surface area contributed by atoms with E-state index in [0.717, 1.165) is 46.3 Å². The lowest BCUT2D eigenvalue weighted by atomic mass is 9.88. The first-order valence-electron chi connectivity index (χ1n) is 11.0. The monoisotopic (exact) mass is 449 g/mol. The van der Waals surface area contributed by atoms with Gasteiger partial charge in [-0.2, -0.15) is 0 Å². The Labute approximate surface area is 190 Å². The Morgan fingerprint density at radius 2 is 2.03 bits per heavy atom. The van der Waals surface area contributed by atoms with E-state index in [4.69, 9.17) is 9.72 Å². The molecule has 0 amide bonds. The molecular weight excluding hydrogens is 422 g/mol. The number of aryl methyl sites for hydroxylation is 3. The fourth-order valence-electron chi connectivity index (χ4n) is 4.69. The first kappa shape index (κ1) is 21.1. The highest BCUT2D eigenvalue weighted by atomic mass is 32.1. The van der Waals surface area contributed by atoms with Crippen LogP contribution >= 0.6 is 11.3 Å². The molecule has 4 heterocycles. The van der Waals surface area contributed by atoms with Crippen molar-refractivity contribution in [3.63, 3.8) is 0 Å². The molecule has 7 heteroatoms. The second-order valence-corrected chi connectivity index (χ2v) is 10.5. The number of carbonyl (C=O) groups is 1. The van der Waals surface area contributed by atoms with Crippen molar-refractivity contribution in [2.24, 2.45) is 0 Å². The molecule has 0 radical (unpaired) electrons. The molecule has 1 atom stereocenters. The lowest BCUT2D eigenvalue weighted by molar-refractivity contribution is -0.160. The summed E-state index contributed by atoms with van der Waals surface area (Å²) in [6, 6.07) is 4.00. The third-order valence-electron chi connectivity index (χ3n) is 5.97. The number of carboxylic acids is 1. The van der Waals surface area contributed by atoms with Gasteiger partial charge in [-0.3, -0.25) is 0 Å². The van der Waals surface area contributed by atoms with Gasteiger partial charge >= 0.3 is 5.97 Å². The number of ether oxygens (including phenoxy) is 1. The zero-order valence-corrected chi connectivity index (χ0v) is 19.6. The number of carboxylic acid groups (broad SMARTS) is 1. The normalized spacial score (nSPS) is 15.2. The number of aliphatic carboxylic acids is 1. The van der Waals surface area contributed by atoms with Gasteiger partial charge in [-0.25, -0.2) is 14.8 Å². The van der Waals surface area contributed by atoms with Crippen LogP contribution in [0.5, 0.6) is 0 Å². The van der Waals surface area contributed by atoms with Crippen LogP contribution in [0.15, 0.2) is 30.7 Å². The molecule has 0 aromatic carbocycles. The summed E-state index contributed by atoms with van der Waals surface area (Å²) in [5, 5.41) is 11.3. The van der Waals surface area contributed by atoms with E-state index >= 15 is 0 Å². The van der Waals surface area contributed by atoms with Crippen molar-refractivity contribution in [1.82, 2.24) is 14.4 Å². The van der Waals surface area contributed by atoms with Gasteiger partial charge in [0.05, 0.1) is 5.60 Å². The number of fused-ring (bicyclic) bond motifs is 4. The smallest absolute Gasteiger partial charge is 0.337 e. The number of aromatic nitrogens is 3. The predicted octanol–water partition coefficient (Wildman–Crippen LogP) is 5.74. The summed E-state index contributed by atoms with van der Waals surface area (Å²) in [4.78, 5) is 24.1. The van der Waals surface area contributed by atoms with Crippen LogP contribution < -0.4 is 0 Å². The van der Waals surface area contributed by atoms with E-state index in [-0.39, 0.29) is 0 Å². The average Bonchev–Trinajstić information content (AvgIpc) is 3.33. The van der Waals surface area contributed by atoms with E-state index in [2.05, 4.69) is 4.98 Å². The maximum absolute atomic E-state index is 12.5. The van der Waals surface area contributed by atoms with Crippen LogP contribution in [0, 0.1) is 6.92 Å². The van der Waals surface area contributed by atoms with Crippen LogP contribution in [0.25, 0.3) is 27.0 Å². The minimum absolute atomic E-state index is 0.621. The van der Waals surface area contributed by atoms with Crippen molar-refractivity contribution >= 4 is 33.2 Å². The Kier molecular flexibility index (Phi) is 5.06. The third kappa shape index (κ3) is 3.59. The summed E-state index contributed by atoms with van der Waals surface area (Å²) in [5.74, 6) is -1.00. The maximum Gasteiger partial charge on any atom is 0.337 e. The molecule has 0 saturated heterocycles. The fourth-order valence-corrected chi connectivity index (χ4v) is 6.01. The zero-order valence-electron chi connectivity index (χ0n) is 18.8. The number of hydrogen-bond acceptors (Lipinski definition) is 5. The van der Waals surface area contributed by atoms with Gasteiger partial charge in [-0.1, -0.05) is 0 Å². The van der Waals surface area contributed by atoms with Crippen LogP contribution in [0.2, 0.25) is 0 Å². The summed E-state index contributed by atoms with van der Waals surface area (Å²) >= 11 is 1.75. The van der Waals surface area contributed by atoms with E-state index in [1.54, 1.807) is 17.5 Å². The van der Waals surface area contributed by atoms with E-state index in [9.17, 15) is 9.90 Å². The molecule has 32 heavy (non-hydrogen) atoms. The lowest BCUT2D eigenvalue weighted by Crippen LogP contribution is -2.28. The summed E-state index contributed by atoms with van der Waals surface area (Å²) in [7, 11) is 0. The Morgan fingerprint density at radius 1 is 1.25 bits per heavy atom. The molecule has 6 nitrogen and oxygen atoms in total. The number of hydrogen-bond donors (Lipinski definition) is 1. The van der Waals surface area contributed by atoms with Crippen molar-refractivity contribution < 1.29 is 14.6 Å². The standard InChI is InChI=1S/C25H27N3O3S/c1-14-19(22(24(29)30)31-25(2,3)4)20(15-9-10-18-26-11-12-28(18)13-15)21-16-7-5-6-8-17(16)32-23(21)27-14/h9-13,22H,5-8H2,1-4H3,(H,29,30)/t22-/m0/s1. The molecule has 4 aromatic heterocycles. The molecule has 5 rings (SSSR count). The van der Waals surface area contributed by atoms with Gasteiger partial charge in [0.25, 0.3) is 0 Å². The van der Waals surface area contributed by atoms with E-state index in [0.29, 0.717) is 11.3 Å². The molecule has 1 N–H and O–H groups in total. The van der Waals surface area contributed by atoms with Gasteiger partial charge in [-0.15, -0.1) is 11.3 Å². The van der Waals surface area contributed by atoms with Crippen molar-refractivity contribution in [3.8, 4) is 11.1 Å². The predicted molar refractivity (Wildman–Crippen MR) is 126 cm³/mol. The minimum atomic E-state index is -1.11. The van der Waals surface area contributed by atoms with Crippen LogP contribution in [-0.4, -0.2) is 31.0 Å². The van der Waals surface area contributed by atoms with Crippen molar-refractivity contribution in [2.75, 3.05) is 0 Å². The minimum Gasteiger partial charge on any atom is -0.479 e. The highest BCUT2D eigenvalue weighted by Gasteiger charge is 2.34. The highest BCUT2D eigenvalue weighted by Crippen LogP contribution is 2.45. The van der Waals surface area contributed by atoms with Gasteiger partial charge in [-0.05, 0) is 76.6 Å². The van der Waals surface area contributed by atoms with E-state index < -0.39 is 17.7 Å². The van der Waals surface area contributed by atoms with Crippen LogP contribution in [0.4, 0.5) is 0 Å². The Bertz CT molecular complexity index is 1350. The zero-order chi connectivity index (χ0) is 22.6. The van der Waals surface area contributed by atoms with E-state index in [1.165, 1.54) is 16.9 Å². The molecule has 4 aromatic rings. The molecule has 0 fully saturated rings. The second-order valence-electron chi connectivity index (χ2n) is 9.44. The van der Waals surface area contributed by atoms with Gasteiger partial charge in [0.2, 0.25) is 0 Å². The second kappa shape index (κ2) is 7.67. The van der Waals surface area contributed by atoms with Crippen LogP contribution in [0.1, 0.15) is 61.4 Å². The molecule has 0 spiro atoms. The fraction of sp³-hybridized carbons (Fsp3) is 0.400. The average molecular weight is 450 g/mol. The molecule has 0 unspecified atom stereocenters. The summed E-state index contributed by atoms with van der Waals surface area (Å²) in [6.45, 7) is 7.55. The first-order chi connectivity index (χ1) is 15.2. The molecule has 0 bridgehead atoms. The largest absolute Gasteiger partial charge is 0.479 e. The van der Waals surface area contributed by atoms with Crippen LogP contribution in [-0.2, 0) is 22.4 Å². The Morgan fingerprint density at radius 3 is 2.78 bits per heavy atom. The molecule has 1 aliphatic rings. The van der Waals surface area contributed by atoms with Crippen molar-refractivity contribution in [2.45, 2.75) is 65.1 Å². The first-order valence-corrected chi connectivity index (χ1v) is 11.8. The van der Waals surface area contributed by atoms with Crippen molar-refractivity contribution in [1.29, 1.82) is 0 Å². The number of thiophene rings is 1. The Hall–Kier alpha value is -2.77. The number of pyridine rings is 2. The lowest BCUT2D eigenvalue weighted by Gasteiger charge is -2.28. The summed E-state index contributed by atoms with van der Waals surface area (Å²) in [5.41, 5.74) is 4.79. The number of nitrogens with zero attached hydrogens (tertiary/aromatic N) is 3. The number of imidazole rings is 1. The SMILES string of the molecule is Cc1nc2sc3c(c2c(-c2ccc4nccn4c2)c1[C@H](OC(C)(C)C)C(=O)O)CCCC3. The molecule has 1 aliphatic carbocycles. The number of rotatable bonds is 4. The van der Waals surface area contributed by atoms with Crippen molar-refractivity contribution in [3.05, 3.63) is 52.4 Å². The molecular formula is C25H27N3O3S. The van der Waals surface area contributed by atoms with Gasteiger partial charge in [0, 0.05) is 45.7 Å². The van der Waals surface area contributed by atoms with E-state index in [1.807, 2.05) is 56.6 Å². The molecule has 0 saturated carbocycles. The van der Waals surface area contributed by atoms with Crippen LogP contribution in [0.3, 0.4) is 0 Å². The van der Waals surface area contributed by atoms with Gasteiger partial charge < -0.3 is 14.2 Å². The molecule has 166 valence electrons. The summed E-state index contributed by atoms with van der Waals surface area (Å²) in [6.07, 6.45) is 8.98. The maximum atomic E-state index is 12.5.